The zero-order valence-corrected chi connectivity index (χ0v) is 9.71. The number of rotatable bonds is 2. The Morgan fingerprint density at radius 3 is 2.72 bits per heavy atom. The zero-order valence-electron chi connectivity index (χ0n) is 9.71. The molecule has 0 aromatic heterocycles. The number of anilines is 2. The molecule has 94 valence electrons. The summed E-state index contributed by atoms with van der Waals surface area (Å²) in [6.07, 6.45) is 0.0679. The second-order valence-electron chi connectivity index (χ2n) is 4.19. The van der Waals surface area contributed by atoms with Gasteiger partial charge >= 0.3 is 5.97 Å². The summed E-state index contributed by atoms with van der Waals surface area (Å²) in [6, 6.07) is 4.75. The highest BCUT2D eigenvalue weighted by Gasteiger charge is 2.36. The first-order chi connectivity index (χ1) is 8.41. The molecule has 0 radical (unpaired) electrons. The number of nitrogen functional groups attached to an aromatic ring is 1. The van der Waals surface area contributed by atoms with Gasteiger partial charge in [0.15, 0.2) is 0 Å². The molecule has 1 heterocycles. The minimum absolute atomic E-state index is 0.0679. The fraction of sp³-hybridized carbons (Fsp3) is 0.250. The van der Waals surface area contributed by atoms with Crippen LogP contribution in [0.1, 0.15) is 12.5 Å². The van der Waals surface area contributed by atoms with Crippen molar-refractivity contribution in [3.63, 3.8) is 0 Å². The first-order valence-corrected chi connectivity index (χ1v) is 5.40. The van der Waals surface area contributed by atoms with Crippen LogP contribution in [-0.4, -0.2) is 22.9 Å². The van der Waals surface area contributed by atoms with Gasteiger partial charge in [0.05, 0.1) is 12.1 Å². The minimum Gasteiger partial charge on any atom is -0.481 e. The number of nitrogens with two attached hydrogens (primary N) is 1. The molecule has 18 heavy (non-hydrogen) atoms. The van der Waals surface area contributed by atoms with Crippen LogP contribution in [0.15, 0.2) is 18.2 Å². The topological polar surface area (TPSA) is 101 Å². The number of hydrogen-bond acceptors (Lipinski definition) is 4. The predicted molar refractivity (Wildman–Crippen MR) is 63.9 cm³/mol. The number of carbonyl (C=O) groups excluding carboxylic acids is 2. The third-order valence-electron chi connectivity index (χ3n) is 2.90. The second-order valence-corrected chi connectivity index (χ2v) is 4.19. The lowest BCUT2D eigenvalue weighted by Gasteiger charge is -2.17. The van der Waals surface area contributed by atoms with E-state index in [1.807, 2.05) is 0 Å². The number of hydrogen-bond donors (Lipinski definition) is 2. The molecule has 1 aromatic rings. The van der Waals surface area contributed by atoms with Crippen LogP contribution in [0.25, 0.3) is 0 Å². The standard InChI is InChI=1S/C12H12N2O4/c1-6(12(17)18)11(16)14-9-3-2-8(13)4-7(9)5-10(14)15/h2-4,6H,5,13H2,1H3,(H,17,18). The number of imide groups is 1. The van der Waals surface area contributed by atoms with E-state index in [1.54, 1.807) is 18.2 Å². The molecule has 1 atom stereocenters. The Bertz CT molecular complexity index is 553. The average molecular weight is 248 g/mol. The summed E-state index contributed by atoms with van der Waals surface area (Å²) in [5.41, 5.74) is 7.17. The van der Waals surface area contributed by atoms with Gasteiger partial charge < -0.3 is 10.8 Å². The number of carboxylic acids is 1. The number of amides is 2. The highest BCUT2D eigenvalue weighted by atomic mass is 16.4. The second kappa shape index (κ2) is 4.14. The molecule has 1 unspecified atom stereocenters. The van der Waals surface area contributed by atoms with Crippen molar-refractivity contribution < 1.29 is 19.5 Å². The van der Waals surface area contributed by atoms with Gasteiger partial charge in [-0.05, 0) is 30.7 Å². The molecule has 0 aliphatic carbocycles. The van der Waals surface area contributed by atoms with E-state index in [9.17, 15) is 14.4 Å². The van der Waals surface area contributed by atoms with Crippen molar-refractivity contribution in [3.8, 4) is 0 Å². The zero-order chi connectivity index (χ0) is 13.4. The van der Waals surface area contributed by atoms with E-state index in [1.165, 1.54) is 6.92 Å². The van der Waals surface area contributed by atoms with Crippen molar-refractivity contribution in [3.05, 3.63) is 23.8 Å². The summed E-state index contributed by atoms with van der Waals surface area (Å²) >= 11 is 0. The molecule has 1 aliphatic rings. The van der Waals surface area contributed by atoms with E-state index >= 15 is 0 Å². The average Bonchev–Trinajstić information content (AvgIpc) is 2.62. The first kappa shape index (κ1) is 12.1. The smallest absolute Gasteiger partial charge is 0.315 e. The van der Waals surface area contributed by atoms with Gasteiger partial charge in [-0.1, -0.05) is 0 Å². The summed E-state index contributed by atoms with van der Waals surface area (Å²) in [6.45, 7) is 1.26. The third kappa shape index (κ3) is 1.81. The molecule has 2 rings (SSSR count). The Morgan fingerprint density at radius 2 is 2.11 bits per heavy atom. The highest BCUT2D eigenvalue weighted by molar-refractivity contribution is 6.22. The van der Waals surface area contributed by atoms with E-state index in [4.69, 9.17) is 10.8 Å². The largest absolute Gasteiger partial charge is 0.481 e. The fourth-order valence-corrected chi connectivity index (χ4v) is 1.88. The van der Waals surface area contributed by atoms with Gasteiger partial charge in [-0.15, -0.1) is 0 Å². The number of fused-ring (bicyclic) bond motifs is 1. The van der Waals surface area contributed by atoms with Crippen LogP contribution in [0.3, 0.4) is 0 Å². The molecule has 3 N–H and O–H groups in total. The Kier molecular flexibility index (Phi) is 2.78. The number of benzene rings is 1. The quantitative estimate of drug-likeness (QED) is 0.583. The number of nitrogens with zero attached hydrogens (tertiary/aromatic N) is 1. The SMILES string of the molecule is CC(C(=O)O)C(=O)N1C(=O)Cc2cc(N)ccc21. The Morgan fingerprint density at radius 1 is 1.44 bits per heavy atom. The molecule has 6 nitrogen and oxygen atoms in total. The van der Waals surface area contributed by atoms with Crippen LogP contribution in [-0.2, 0) is 20.8 Å². The van der Waals surface area contributed by atoms with Crippen molar-refractivity contribution in [2.24, 2.45) is 5.92 Å². The van der Waals surface area contributed by atoms with Crippen LogP contribution in [0.5, 0.6) is 0 Å². The van der Waals surface area contributed by atoms with Gasteiger partial charge in [0, 0.05) is 5.69 Å². The third-order valence-corrected chi connectivity index (χ3v) is 2.90. The molecule has 0 fully saturated rings. The number of carboxylic acid groups (broad SMARTS) is 1. The van der Waals surface area contributed by atoms with Crippen LogP contribution in [0.4, 0.5) is 11.4 Å². The lowest BCUT2D eigenvalue weighted by atomic mass is 10.1. The Balaban J connectivity index is 2.39. The molecule has 1 aromatic carbocycles. The molecule has 6 heteroatoms. The molecule has 0 spiro atoms. The predicted octanol–water partition coefficient (Wildman–Crippen LogP) is 0.405. The van der Waals surface area contributed by atoms with Crippen molar-refractivity contribution >= 4 is 29.2 Å². The molecule has 1 aliphatic heterocycles. The number of carbonyl (C=O) groups is 3. The summed E-state index contributed by atoms with van der Waals surface area (Å²) in [5, 5.41) is 8.81. The highest BCUT2D eigenvalue weighted by Crippen LogP contribution is 2.31. The molecule has 0 bridgehead atoms. The number of aliphatic carboxylic acids is 1. The van der Waals surface area contributed by atoms with Gasteiger partial charge in [-0.3, -0.25) is 14.4 Å². The van der Waals surface area contributed by atoms with E-state index in [0.29, 0.717) is 16.9 Å². The van der Waals surface area contributed by atoms with Crippen LogP contribution < -0.4 is 10.6 Å². The van der Waals surface area contributed by atoms with Crippen LogP contribution in [0, 0.1) is 5.92 Å². The normalized spacial score (nSPS) is 15.4. The van der Waals surface area contributed by atoms with Gasteiger partial charge in [-0.25, -0.2) is 4.90 Å². The van der Waals surface area contributed by atoms with Crippen molar-refractivity contribution in [1.82, 2.24) is 0 Å². The van der Waals surface area contributed by atoms with E-state index in [2.05, 4.69) is 0 Å². The van der Waals surface area contributed by atoms with Gasteiger partial charge in [0.1, 0.15) is 5.92 Å². The lowest BCUT2D eigenvalue weighted by Crippen LogP contribution is -2.40. The summed E-state index contributed by atoms with van der Waals surface area (Å²) in [4.78, 5) is 35.4. The monoisotopic (exact) mass is 248 g/mol. The molecule has 2 amide bonds. The van der Waals surface area contributed by atoms with Gasteiger partial charge in [-0.2, -0.15) is 0 Å². The molecular formula is C12H12N2O4. The van der Waals surface area contributed by atoms with Crippen molar-refractivity contribution in [2.45, 2.75) is 13.3 Å². The summed E-state index contributed by atoms with van der Waals surface area (Å²) in [5.74, 6) is -3.65. The first-order valence-electron chi connectivity index (χ1n) is 5.40. The maximum absolute atomic E-state index is 11.9. The maximum Gasteiger partial charge on any atom is 0.315 e. The Labute approximate surface area is 103 Å². The van der Waals surface area contributed by atoms with E-state index in [-0.39, 0.29) is 6.42 Å². The van der Waals surface area contributed by atoms with E-state index < -0.39 is 23.7 Å². The van der Waals surface area contributed by atoms with Crippen molar-refractivity contribution in [2.75, 3.05) is 10.6 Å². The molecular weight excluding hydrogens is 236 g/mol. The van der Waals surface area contributed by atoms with Gasteiger partial charge in [0.25, 0.3) is 0 Å². The van der Waals surface area contributed by atoms with E-state index in [0.717, 1.165) is 4.90 Å². The van der Waals surface area contributed by atoms with Crippen LogP contribution >= 0.6 is 0 Å². The van der Waals surface area contributed by atoms with Gasteiger partial charge in [0.2, 0.25) is 11.8 Å². The van der Waals surface area contributed by atoms with Crippen LogP contribution in [0.2, 0.25) is 0 Å². The maximum atomic E-state index is 11.9. The Hall–Kier alpha value is -2.37. The van der Waals surface area contributed by atoms with Crippen molar-refractivity contribution in [1.29, 1.82) is 0 Å². The summed E-state index contributed by atoms with van der Waals surface area (Å²) in [7, 11) is 0. The lowest BCUT2D eigenvalue weighted by molar-refractivity contribution is -0.145. The fourth-order valence-electron chi connectivity index (χ4n) is 1.88. The molecule has 0 saturated heterocycles. The minimum atomic E-state index is -1.25. The summed E-state index contributed by atoms with van der Waals surface area (Å²) < 4.78 is 0. The molecule has 0 saturated carbocycles.